The summed E-state index contributed by atoms with van der Waals surface area (Å²) < 4.78 is 25.7. The van der Waals surface area contributed by atoms with E-state index in [1.54, 1.807) is 24.3 Å². The van der Waals surface area contributed by atoms with Gasteiger partial charge in [-0.05, 0) is 73.7 Å². The highest BCUT2D eigenvalue weighted by Crippen LogP contribution is 2.27. The first-order valence-electron chi connectivity index (χ1n) is 15.8. The summed E-state index contributed by atoms with van der Waals surface area (Å²) in [5, 5.41) is 8.44. The predicted octanol–water partition coefficient (Wildman–Crippen LogP) is 11.6. The van der Waals surface area contributed by atoms with Crippen molar-refractivity contribution < 1.29 is 18.7 Å². The third-order valence-electron chi connectivity index (χ3n) is 7.30. The van der Waals surface area contributed by atoms with Crippen LogP contribution in [0.1, 0.15) is 108 Å². The van der Waals surface area contributed by atoms with Crippen LogP contribution in [0.2, 0.25) is 0 Å². The maximum absolute atomic E-state index is 14.5. The number of nitrogens with zero attached hydrogens (tertiary/aromatic N) is 2. The minimum Gasteiger partial charge on any atom is -0.491 e. The van der Waals surface area contributed by atoms with E-state index in [0.717, 1.165) is 36.8 Å². The number of carbonyl (C=O) groups excluding carboxylic acids is 1. The van der Waals surface area contributed by atoms with Crippen LogP contribution in [-0.4, -0.2) is 18.7 Å². The van der Waals surface area contributed by atoms with Crippen molar-refractivity contribution in [3.05, 3.63) is 78.1 Å². The average molecular weight is 575 g/mol. The highest BCUT2D eigenvalue weighted by atomic mass is 19.1. The first-order valence-corrected chi connectivity index (χ1v) is 15.8. The monoisotopic (exact) mass is 574 g/mol. The van der Waals surface area contributed by atoms with E-state index in [4.69, 9.17) is 9.47 Å². The lowest BCUT2D eigenvalue weighted by Crippen LogP contribution is -2.15. The molecule has 3 aromatic carbocycles. The number of azo groups is 1. The van der Waals surface area contributed by atoms with Gasteiger partial charge in [-0.3, -0.25) is 0 Å². The zero-order valence-corrected chi connectivity index (χ0v) is 25.6. The number of unbranched alkanes of at least 4 members (excludes halogenated alkanes) is 9. The second-order valence-corrected chi connectivity index (χ2v) is 11.0. The summed E-state index contributed by atoms with van der Waals surface area (Å²) >= 11 is 0. The van der Waals surface area contributed by atoms with Crippen molar-refractivity contribution >= 4 is 17.3 Å². The molecule has 5 nitrogen and oxygen atoms in total. The van der Waals surface area contributed by atoms with Crippen LogP contribution in [0.25, 0.3) is 11.1 Å². The zero-order valence-electron chi connectivity index (χ0n) is 25.6. The number of rotatable bonds is 19. The average Bonchev–Trinajstić information content (AvgIpc) is 3.01. The van der Waals surface area contributed by atoms with Gasteiger partial charge < -0.3 is 9.47 Å². The lowest BCUT2D eigenvalue weighted by atomic mass is 10.0. The van der Waals surface area contributed by atoms with E-state index in [9.17, 15) is 9.18 Å². The molecule has 0 amide bonds. The first-order chi connectivity index (χ1) is 20.5. The molecule has 3 aromatic rings. The number of halogens is 1. The fraction of sp³-hybridized carbons (Fsp3) is 0.472. The Morgan fingerprint density at radius 3 is 1.90 bits per heavy atom. The van der Waals surface area contributed by atoms with Gasteiger partial charge in [0.05, 0.1) is 29.6 Å². The van der Waals surface area contributed by atoms with Crippen LogP contribution in [0.5, 0.6) is 5.75 Å². The van der Waals surface area contributed by atoms with E-state index in [0.29, 0.717) is 23.5 Å². The van der Waals surface area contributed by atoms with E-state index in [1.165, 1.54) is 57.4 Å². The fourth-order valence-electron chi connectivity index (χ4n) is 4.71. The molecule has 226 valence electrons. The Morgan fingerprint density at radius 1 is 0.714 bits per heavy atom. The minimum atomic E-state index is -0.432. The van der Waals surface area contributed by atoms with Crippen molar-refractivity contribution in [2.75, 3.05) is 6.61 Å². The third kappa shape index (κ3) is 11.8. The molecular formula is C36H47FN2O3. The molecule has 0 radical (unpaired) electrons. The molecule has 0 fully saturated rings. The van der Waals surface area contributed by atoms with Crippen LogP contribution in [-0.2, 0) is 4.74 Å². The summed E-state index contributed by atoms with van der Waals surface area (Å²) in [4.78, 5) is 12.5. The quantitative estimate of drug-likeness (QED) is 0.0812. The highest BCUT2D eigenvalue weighted by molar-refractivity contribution is 5.90. The van der Waals surface area contributed by atoms with Gasteiger partial charge in [0, 0.05) is 6.07 Å². The molecular weight excluding hydrogens is 527 g/mol. The number of esters is 1. The van der Waals surface area contributed by atoms with Gasteiger partial charge in [-0.15, -0.1) is 0 Å². The summed E-state index contributed by atoms with van der Waals surface area (Å²) in [5.41, 5.74) is 3.61. The van der Waals surface area contributed by atoms with Crippen molar-refractivity contribution in [2.45, 2.75) is 104 Å². The molecule has 0 spiro atoms. The number of hydrogen-bond acceptors (Lipinski definition) is 5. The molecule has 0 saturated carbocycles. The molecule has 0 aliphatic heterocycles. The van der Waals surface area contributed by atoms with Gasteiger partial charge in [0.2, 0.25) is 0 Å². The SMILES string of the molecule is CCCCCCCCCOc1ccc(N=Nc2ccc(-c3ccc(C(=O)O[C@@H](C)CCCCCC)cc3)cc2)cc1F. The molecule has 42 heavy (non-hydrogen) atoms. The normalized spacial score (nSPS) is 12.0. The Labute approximate surface area is 251 Å². The summed E-state index contributed by atoms with van der Waals surface area (Å²) in [6.07, 6.45) is 13.8. The molecule has 0 saturated heterocycles. The number of benzene rings is 3. The van der Waals surface area contributed by atoms with Crippen LogP contribution in [0.15, 0.2) is 77.0 Å². The van der Waals surface area contributed by atoms with E-state index < -0.39 is 5.82 Å². The summed E-state index contributed by atoms with van der Waals surface area (Å²) in [5.74, 6) is -0.469. The van der Waals surface area contributed by atoms with Crippen LogP contribution in [0, 0.1) is 5.82 Å². The Hall–Kier alpha value is -3.54. The maximum atomic E-state index is 14.5. The summed E-state index contributed by atoms with van der Waals surface area (Å²) in [7, 11) is 0. The predicted molar refractivity (Wildman–Crippen MR) is 170 cm³/mol. The number of carbonyl (C=O) groups is 1. The Balaban J connectivity index is 1.46. The molecule has 0 unspecified atom stereocenters. The second kappa shape index (κ2) is 18.8. The second-order valence-electron chi connectivity index (χ2n) is 11.0. The first kappa shape index (κ1) is 33.0. The standard InChI is InChI=1S/C36H47FN2O3/c1-4-6-8-10-11-12-14-26-41-35-25-24-33(27-34(35)37)39-38-32-22-20-30(21-23-32)29-16-18-31(19-17-29)36(40)42-28(3)15-13-9-7-5-2/h16-25,27-28H,4-15,26H2,1-3H3/t28-/m0/s1. The van der Waals surface area contributed by atoms with Crippen molar-refractivity contribution in [1.82, 2.24) is 0 Å². The Bertz CT molecular complexity index is 1230. The van der Waals surface area contributed by atoms with Gasteiger partial charge in [0.1, 0.15) is 0 Å². The number of hydrogen-bond donors (Lipinski definition) is 0. The molecule has 0 aromatic heterocycles. The lowest BCUT2D eigenvalue weighted by Gasteiger charge is -2.13. The zero-order chi connectivity index (χ0) is 30.0. The molecule has 0 N–H and O–H groups in total. The third-order valence-corrected chi connectivity index (χ3v) is 7.30. The Morgan fingerprint density at radius 2 is 1.26 bits per heavy atom. The van der Waals surface area contributed by atoms with E-state index in [1.807, 2.05) is 43.3 Å². The van der Waals surface area contributed by atoms with Crippen molar-refractivity contribution in [3.63, 3.8) is 0 Å². The molecule has 3 rings (SSSR count). The van der Waals surface area contributed by atoms with Gasteiger partial charge >= 0.3 is 5.97 Å². The molecule has 0 aliphatic rings. The van der Waals surface area contributed by atoms with Crippen LogP contribution >= 0.6 is 0 Å². The van der Waals surface area contributed by atoms with Crippen LogP contribution in [0.4, 0.5) is 15.8 Å². The minimum absolute atomic E-state index is 0.0850. The smallest absolute Gasteiger partial charge is 0.338 e. The maximum Gasteiger partial charge on any atom is 0.338 e. The van der Waals surface area contributed by atoms with E-state index in [-0.39, 0.29) is 17.8 Å². The molecule has 0 aliphatic carbocycles. The van der Waals surface area contributed by atoms with Gasteiger partial charge in [-0.2, -0.15) is 10.2 Å². The molecule has 0 heterocycles. The van der Waals surface area contributed by atoms with Gasteiger partial charge in [-0.25, -0.2) is 9.18 Å². The fourth-order valence-corrected chi connectivity index (χ4v) is 4.71. The number of ether oxygens (including phenoxy) is 2. The largest absolute Gasteiger partial charge is 0.491 e. The molecule has 0 bridgehead atoms. The lowest BCUT2D eigenvalue weighted by molar-refractivity contribution is 0.0319. The summed E-state index contributed by atoms with van der Waals surface area (Å²) in [6.45, 7) is 6.87. The Kier molecular flexibility index (Phi) is 14.8. The van der Waals surface area contributed by atoms with Gasteiger partial charge in [0.15, 0.2) is 11.6 Å². The van der Waals surface area contributed by atoms with E-state index in [2.05, 4.69) is 24.1 Å². The topological polar surface area (TPSA) is 60.2 Å². The summed E-state index contributed by atoms with van der Waals surface area (Å²) in [6, 6.07) is 19.7. The van der Waals surface area contributed by atoms with Crippen LogP contribution in [0.3, 0.4) is 0 Å². The molecule has 6 heteroatoms. The van der Waals surface area contributed by atoms with Gasteiger partial charge in [0.25, 0.3) is 0 Å². The van der Waals surface area contributed by atoms with Crippen molar-refractivity contribution in [2.24, 2.45) is 10.2 Å². The van der Waals surface area contributed by atoms with Crippen molar-refractivity contribution in [1.29, 1.82) is 0 Å². The molecule has 1 atom stereocenters. The van der Waals surface area contributed by atoms with Gasteiger partial charge in [-0.1, -0.05) is 95.9 Å². The van der Waals surface area contributed by atoms with Crippen molar-refractivity contribution in [3.8, 4) is 16.9 Å². The highest BCUT2D eigenvalue weighted by Gasteiger charge is 2.12. The van der Waals surface area contributed by atoms with E-state index >= 15 is 0 Å². The van der Waals surface area contributed by atoms with Crippen LogP contribution < -0.4 is 4.74 Å².